The minimum Gasteiger partial charge on any atom is -0.334 e. The van der Waals surface area contributed by atoms with Gasteiger partial charge in [0.05, 0.1) is 12.6 Å². The van der Waals surface area contributed by atoms with Crippen LogP contribution in [-0.4, -0.2) is 48.4 Å². The van der Waals surface area contributed by atoms with Crippen molar-refractivity contribution in [1.82, 2.24) is 29.9 Å². The van der Waals surface area contributed by atoms with Crippen LogP contribution in [0, 0.1) is 18.6 Å². The van der Waals surface area contributed by atoms with Crippen molar-refractivity contribution in [3.05, 3.63) is 51.6 Å². The Morgan fingerprint density at radius 3 is 2.81 bits per heavy atom. The number of halogens is 2. The van der Waals surface area contributed by atoms with Crippen LogP contribution in [0.25, 0.3) is 11.2 Å². The molecule has 10 heteroatoms. The largest absolute Gasteiger partial charge is 0.334 e. The lowest BCUT2D eigenvalue weighted by molar-refractivity contribution is 0.0712. The van der Waals surface area contributed by atoms with Gasteiger partial charge in [-0.05, 0) is 31.9 Å². The zero-order valence-corrected chi connectivity index (χ0v) is 14.4. The molecule has 0 saturated carbocycles. The van der Waals surface area contributed by atoms with Crippen molar-refractivity contribution in [2.45, 2.75) is 32.4 Å². The van der Waals surface area contributed by atoms with Gasteiger partial charge in [-0.2, -0.15) is 0 Å². The van der Waals surface area contributed by atoms with Crippen LogP contribution in [0.5, 0.6) is 0 Å². The number of hydrogen-bond donors (Lipinski definition) is 1. The molecule has 8 nitrogen and oxygen atoms in total. The van der Waals surface area contributed by atoms with Gasteiger partial charge in [-0.3, -0.25) is 9.59 Å². The van der Waals surface area contributed by atoms with Gasteiger partial charge >= 0.3 is 0 Å². The minimum absolute atomic E-state index is 0.108. The summed E-state index contributed by atoms with van der Waals surface area (Å²) in [4.78, 5) is 32.9. The number of carbonyl (C=O) groups is 1. The number of likely N-dealkylation sites (tertiary alicyclic amines) is 1. The highest BCUT2D eigenvalue weighted by Gasteiger charge is 2.33. The van der Waals surface area contributed by atoms with Gasteiger partial charge in [0.15, 0.2) is 11.2 Å². The van der Waals surface area contributed by atoms with Crippen LogP contribution in [0.15, 0.2) is 23.0 Å². The molecule has 27 heavy (non-hydrogen) atoms. The van der Waals surface area contributed by atoms with Crippen molar-refractivity contribution < 1.29 is 13.6 Å². The Morgan fingerprint density at radius 1 is 1.33 bits per heavy atom. The molecule has 140 valence electrons. The van der Waals surface area contributed by atoms with E-state index in [0.717, 1.165) is 12.1 Å². The van der Waals surface area contributed by atoms with E-state index in [9.17, 15) is 18.4 Å². The molecule has 2 aromatic heterocycles. The van der Waals surface area contributed by atoms with Crippen LogP contribution in [0.1, 0.15) is 29.0 Å². The topological polar surface area (TPSA) is 96.8 Å². The third-order valence-electron chi connectivity index (χ3n) is 4.69. The Hall–Kier alpha value is -3.17. The molecule has 1 aromatic carbocycles. The van der Waals surface area contributed by atoms with E-state index < -0.39 is 28.7 Å². The maximum atomic E-state index is 14.0. The number of benzene rings is 1. The summed E-state index contributed by atoms with van der Waals surface area (Å²) in [5.74, 6) is -2.05. The van der Waals surface area contributed by atoms with Crippen molar-refractivity contribution in [1.29, 1.82) is 0 Å². The average Bonchev–Trinajstić information content (AvgIpc) is 3.22. The van der Waals surface area contributed by atoms with Crippen LogP contribution in [-0.2, 0) is 6.54 Å². The van der Waals surface area contributed by atoms with E-state index in [1.165, 1.54) is 15.6 Å². The van der Waals surface area contributed by atoms with Crippen LogP contribution < -0.4 is 5.56 Å². The van der Waals surface area contributed by atoms with Gasteiger partial charge in [-0.1, -0.05) is 11.3 Å². The van der Waals surface area contributed by atoms with Crippen molar-refractivity contribution >= 4 is 17.1 Å². The number of hydrogen-bond acceptors (Lipinski definition) is 5. The average molecular weight is 374 g/mol. The highest BCUT2D eigenvalue weighted by atomic mass is 19.1. The number of rotatable bonds is 3. The molecular formula is C17H16F2N6O2. The van der Waals surface area contributed by atoms with Crippen LogP contribution in [0.3, 0.4) is 0 Å². The fraction of sp³-hybridized carbons (Fsp3) is 0.353. The van der Waals surface area contributed by atoms with E-state index in [2.05, 4.69) is 20.3 Å². The molecular weight excluding hydrogens is 358 g/mol. The summed E-state index contributed by atoms with van der Waals surface area (Å²) in [5, 5.41) is 7.80. The molecule has 0 radical (unpaired) electrons. The lowest BCUT2D eigenvalue weighted by Gasteiger charge is -2.25. The van der Waals surface area contributed by atoms with Crippen LogP contribution in [0.2, 0.25) is 0 Å². The van der Waals surface area contributed by atoms with E-state index in [4.69, 9.17) is 0 Å². The number of H-pyrrole nitrogens is 1. The maximum Gasteiger partial charge on any atom is 0.281 e. The van der Waals surface area contributed by atoms with Gasteiger partial charge in [0.1, 0.15) is 23.0 Å². The monoisotopic (exact) mass is 374 g/mol. The Balaban J connectivity index is 1.65. The molecule has 1 amide bonds. The molecule has 1 atom stereocenters. The summed E-state index contributed by atoms with van der Waals surface area (Å²) < 4.78 is 29.4. The fourth-order valence-electron chi connectivity index (χ4n) is 3.44. The van der Waals surface area contributed by atoms with Crippen molar-refractivity contribution in [3.8, 4) is 0 Å². The smallest absolute Gasteiger partial charge is 0.281 e. The third-order valence-corrected chi connectivity index (χ3v) is 4.69. The lowest BCUT2D eigenvalue weighted by atomic mass is 10.1. The molecule has 0 aliphatic carbocycles. The summed E-state index contributed by atoms with van der Waals surface area (Å²) in [6, 6.07) is 3.01. The molecule has 4 rings (SSSR count). The first-order chi connectivity index (χ1) is 13.0. The van der Waals surface area contributed by atoms with E-state index in [0.29, 0.717) is 30.9 Å². The minimum atomic E-state index is -0.888. The number of aromatic nitrogens is 5. The highest BCUT2D eigenvalue weighted by molar-refractivity contribution is 5.95. The second-order valence-corrected chi connectivity index (χ2v) is 6.49. The van der Waals surface area contributed by atoms with E-state index in [-0.39, 0.29) is 18.1 Å². The molecule has 1 aliphatic heterocycles. The predicted molar refractivity (Wildman–Crippen MR) is 91.1 cm³/mol. The highest BCUT2D eigenvalue weighted by Crippen LogP contribution is 2.24. The Bertz CT molecular complexity index is 1070. The summed E-state index contributed by atoms with van der Waals surface area (Å²) in [7, 11) is 0. The van der Waals surface area contributed by atoms with Crippen molar-refractivity contribution in [3.63, 3.8) is 0 Å². The second kappa shape index (κ2) is 6.53. The zero-order valence-electron chi connectivity index (χ0n) is 14.4. The van der Waals surface area contributed by atoms with Gasteiger partial charge in [0.25, 0.3) is 11.5 Å². The summed E-state index contributed by atoms with van der Waals surface area (Å²) in [5.41, 5.74) is -0.529. The Morgan fingerprint density at radius 2 is 2.07 bits per heavy atom. The second-order valence-electron chi connectivity index (χ2n) is 6.49. The van der Waals surface area contributed by atoms with E-state index >= 15 is 0 Å². The van der Waals surface area contributed by atoms with E-state index in [1.54, 1.807) is 6.92 Å². The zero-order chi connectivity index (χ0) is 19.1. The molecule has 3 aromatic rings. The molecule has 1 fully saturated rings. The van der Waals surface area contributed by atoms with Crippen molar-refractivity contribution in [2.24, 2.45) is 0 Å². The number of amides is 1. The lowest BCUT2D eigenvalue weighted by Crippen LogP contribution is -2.39. The molecule has 1 saturated heterocycles. The Kier molecular flexibility index (Phi) is 4.17. The third kappa shape index (κ3) is 2.96. The number of nitrogens with one attached hydrogen (secondary N) is 1. The number of aryl methyl sites for hydroxylation is 1. The standard InChI is InChI=1S/C17H16F2N6O2/c1-9-20-15-14(16(26)21-9)22-23-25(15)8-10-4-3-7-24(10)17(27)13-11(18)5-2-6-12(13)19/h2,5-6,10H,3-4,7-8H2,1H3,(H,20,21,26)/t10-/m1/s1. The molecule has 0 bridgehead atoms. The van der Waals surface area contributed by atoms with Gasteiger partial charge in [-0.25, -0.2) is 18.4 Å². The van der Waals surface area contributed by atoms with Gasteiger partial charge in [-0.15, -0.1) is 5.10 Å². The number of fused-ring (bicyclic) bond motifs is 1. The summed E-state index contributed by atoms with van der Waals surface area (Å²) in [6.07, 6.45) is 1.34. The maximum absolute atomic E-state index is 14.0. The van der Waals surface area contributed by atoms with Gasteiger partial charge in [0, 0.05) is 6.54 Å². The SMILES string of the molecule is Cc1nc2c(nnn2C[C@H]2CCCN2C(=O)c2c(F)cccc2F)c(=O)[nH]1. The molecule has 0 unspecified atom stereocenters. The fourth-order valence-corrected chi connectivity index (χ4v) is 3.44. The quantitative estimate of drug-likeness (QED) is 0.748. The molecule has 0 spiro atoms. The molecule has 1 N–H and O–H groups in total. The van der Waals surface area contributed by atoms with E-state index in [1.807, 2.05) is 0 Å². The van der Waals surface area contributed by atoms with Crippen LogP contribution >= 0.6 is 0 Å². The number of carbonyl (C=O) groups excluding carboxylic acids is 1. The normalized spacial score (nSPS) is 17.0. The summed E-state index contributed by atoms with van der Waals surface area (Å²) in [6.45, 7) is 2.26. The first-order valence-corrected chi connectivity index (χ1v) is 8.51. The molecule has 3 heterocycles. The van der Waals surface area contributed by atoms with Gasteiger partial charge in [0.2, 0.25) is 0 Å². The molecule has 1 aliphatic rings. The van der Waals surface area contributed by atoms with Crippen LogP contribution in [0.4, 0.5) is 8.78 Å². The first-order valence-electron chi connectivity index (χ1n) is 8.51. The first kappa shape index (κ1) is 17.3. The summed E-state index contributed by atoms with van der Waals surface area (Å²) >= 11 is 0. The number of nitrogens with zero attached hydrogens (tertiary/aromatic N) is 5. The van der Waals surface area contributed by atoms with Gasteiger partial charge < -0.3 is 9.88 Å². The number of aromatic amines is 1. The van der Waals surface area contributed by atoms with Crippen molar-refractivity contribution in [2.75, 3.05) is 6.54 Å². The Labute approximate surface area is 151 Å². The predicted octanol–water partition coefficient (Wildman–Crippen LogP) is 1.41.